The van der Waals surface area contributed by atoms with Gasteiger partial charge in [0, 0.05) is 26.8 Å². The Hall–Kier alpha value is -2.81. The number of hydrogen-bond acceptors (Lipinski definition) is 5. The lowest BCUT2D eigenvalue weighted by Crippen LogP contribution is -2.36. The molecule has 0 unspecified atom stereocenters. The molecule has 1 aliphatic heterocycles. The number of nitrogens with one attached hydrogen (secondary N) is 1. The second-order valence-electron chi connectivity index (χ2n) is 7.01. The van der Waals surface area contributed by atoms with Crippen LogP contribution < -0.4 is 5.32 Å². The highest BCUT2D eigenvalue weighted by Gasteiger charge is 2.36. The average Bonchev–Trinajstić information content (AvgIpc) is 3.28. The van der Waals surface area contributed by atoms with E-state index in [1.807, 2.05) is 25.1 Å². The lowest BCUT2D eigenvalue weighted by atomic mass is 10.1. The summed E-state index contributed by atoms with van der Waals surface area (Å²) in [6.45, 7) is 1.60. The summed E-state index contributed by atoms with van der Waals surface area (Å²) < 4.78 is 6.74. The Balaban J connectivity index is 1.46. The maximum absolute atomic E-state index is 12.7. The van der Waals surface area contributed by atoms with E-state index < -0.39 is 23.6 Å². The van der Waals surface area contributed by atoms with Crippen LogP contribution in [0.5, 0.6) is 0 Å². The molecule has 3 aromatic rings. The van der Waals surface area contributed by atoms with Gasteiger partial charge >= 0.3 is 0 Å². The van der Waals surface area contributed by atoms with E-state index in [0.717, 1.165) is 32.3 Å². The molecule has 1 saturated heterocycles. The van der Waals surface area contributed by atoms with Crippen LogP contribution in [0.25, 0.3) is 17.4 Å². The third kappa shape index (κ3) is 4.98. The highest BCUT2D eigenvalue weighted by molar-refractivity contribution is 9.10. The maximum atomic E-state index is 12.7. The van der Waals surface area contributed by atoms with Gasteiger partial charge in [-0.2, -0.15) is 0 Å². The van der Waals surface area contributed by atoms with Crippen molar-refractivity contribution in [2.75, 3.05) is 11.9 Å². The topological polar surface area (TPSA) is 79.6 Å². The minimum atomic E-state index is -0.546. The number of amides is 3. The van der Waals surface area contributed by atoms with Gasteiger partial charge in [-0.25, -0.2) is 0 Å². The van der Waals surface area contributed by atoms with Gasteiger partial charge in [0.2, 0.25) is 5.91 Å². The van der Waals surface area contributed by atoms with Crippen LogP contribution in [0.4, 0.5) is 10.5 Å². The number of furan rings is 1. The summed E-state index contributed by atoms with van der Waals surface area (Å²) in [6, 6.07) is 16.0. The number of rotatable bonds is 5. The molecule has 3 amide bonds. The number of imide groups is 1. The standard InChI is InChI=1S/C23H16BrClN2O4S/c1-13-5-7-17(18(24)9-13)19-8-6-16(31-19)11-20-22(29)27(23(30)32-20)12-21(28)26-15-4-2-3-14(25)10-15/h2-11H,12H2,1H3,(H,26,28)/b20-11-. The van der Waals surface area contributed by atoms with Crippen molar-refractivity contribution in [3.63, 3.8) is 0 Å². The van der Waals surface area contributed by atoms with E-state index in [1.54, 1.807) is 36.4 Å². The Labute approximate surface area is 201 Å². The van der Waals surface area contributed by atoms with Crippen molar-refractivity contribution in [2.24, 2.45) is 0 Å². The lowest BCUT2D eigenvalue weighted by Gasteiger charge is -2.12. The van der Waals surface area contributed by atoms with Crippen LogP contribution in [0, 0.1) is 6.92 Å². The first-order chi connectivity index (χ1) is 15.3. The van der Waals surface area contributed by atoms with Gasteiger partial charge in [0.1, 0.15) is 18.1 Å². The highest BCUT2D eigenvalue weighted by atomic mass is 79.9. The number of carbonyl (C=O) groups excluding carboxylic acids is 3. The zero-order chi connectivity index (χ0) is 22.8. The van der Waals surface area contributed by atoms with E-state index in [2.05, 4.69) is 21.2 Å². The van der Waals surface area contributed by atoms with Crippen molar-refractivity contribution in [3.8, 4) is 11.3 Å². The summed E-state index contributed by atoms with van der Waals surface area (Å²) in [6.07, 6.45) is 1.51. The molecule has 0 bridgehead atoms. The Bertz CT molecular complexity index is 1270. The molecule has 2 heterocycles. The molecule has 162 valence electrons. The minimum absolute atomic E-state index is 0.189. The fraction of sp³-hybridized carbons (Fsp3) is 0.0870. The SMILES string of the molecule is Cc1ccc(-c2ccc(/C=C3\SC(=O)N(CC(=O)Nc4cccc(Cl)c4)C3=O)o2)c(Br)c1. The lowest BCUT2D eigenvalue weighted by molar-refractivity contribution is -0.127. The third-order valence-corrected chi connectivity index (χ3v) is 6.37. The van der Waals surface area contributed by atoms with Crippen molar-refractivity contribution in [2.45, 2.75) is 6.92 Å². The monoisotopic (exact) mass is 530 g/mol. The molecule has 2 aromatic carbocycles. The third-order valence-electron chi connectivity index (χ3n) is 4.57. The van der Waals surface area contributed by atoms with Gasteiger partial charge < -0.3 is 9.73 Å². The van der Waals surface area contributed by atoms with Crippen LogP contribution in [0.1, 0.15) is 11.3 Å². The molecular formula is C23H16BrClN2O4S. The molecule has 0 radical (unpaired) electrons. The Kier molecular flexibility index (Phi) is 6.55. The van der Waals surface area contributed by atoms with Gasteiger partial charge in [-0.15, -0.1) is 0 Å². The quantitative estimate of drug-likeness (QED) is 0.388. The molecule has 32 heavy (non-hydrogen) atoms. The van der Waals surface area contributed by atoms with E-state index >= 15 is 0 Å². The normalized spacial score (nSPS) is 15.0. The van der Waals surface area contributed by atoms with Gasteiger partial charge in [-0.1, -0.05) is 39.7 Å². The van der Waals surface area contributed by atoms with Crippen molar-refractivity contribution < 1.29 is 18.8 Å². The van der Waals surface area contributed by atoms with Crippen molar-refractivity contribution in [3.05, 3.63) is 80.3 Å². The Morgan fingerprint density at radius 1 is 1.19 bits per heavy atom. The van der Waals surface area contributed by atoms with Crippen LogP contribution in [0.15, 0.2) is 68.4 Å². The first-order valence-corrected chi connectivity index (χ1v) is 11.5. The molecule has 1 aliphatic rings. The van der Waals surface area contributed by atoms with Crippen LogP contribution in [0.3, 0.4) is 0 Å². The van der Waals surface area contributed by atoms with E-state index in [9.17, 15) is 14.4 Å². The predicted molar refractivity (Wildman–Crippen MR) is 129 cm³/mol. The number of thioether (sulfide) groups is 1. The fourth-order valence-corrected chi connectivity index (χ4v) is 4.77. The highest BCUT2D eigenvalue weighted by Crippen LogP contribution is 2.35. The molecule has 1 fully saturated rings. The van der Waals surface area contributed by atoms with Crippen LogP contribution >= 0.6 is 39.3 Å². The van der Waals surface area contributed by atoms with Gasteiger partial charge in [-0.3, -0.25) is 19.3 Å². The minimum Gasteiger partial charge on any atom is -0.457 e. The molecule has 0 atom stereocenters. The molecule has 6 nitrogen and oxygen atoms in total. The summed E-state index contributed by atoms with van der Waals surface area (Å²) in [4.78, 5) is 38.4. The smallest absolute Gasteiger partial charge is 0.294 e. The summed E-state index contributed by atoms with van der Waals surface area (Å²) in [5.41, 5.74) is 2.47. The molecule has 4 rings (SSSR count). The Morgan fingerprint density at radius 3 is 2.75 bits per heavy atom. The zero-order valence-corrected chi connectivity index (χ0v) is 19.9. The van der Waals surface area contributed by atoms with Gasteiger partial charge in [-0.05, 0) is 66.7 Å². The zero-order valence-electron chi connectivity index (χ0n) is 16.7. The molecular weight excluding hydrogens is 516 g/mol. The molecule has 1 aromatic heterocycles. The number of nitrogens with zero attached hydrogens (tertiary/aromatic N) is 1. The number of benzene rings is 2. The fourth-order valence-electron chi connectivity index (χ4n) is 3.07. The van der Waals surface area contributed by atoms with Crippen molar-refractivity contribution >= 4 is 68.1 Å². The average molecular weight is 532 g/mol. The van der Waals surface area contributed by atoms with E-state index in [0.29, 0.717) is 22.2 Å². The summed E-state index contributed by atoms with van der Waals surface area (Å²) in [5.74, 6) is 0.0145. The van der Waals surface area contributed by atoms with Crippen LogP contribution in [-0.4, -0.2) is 28.5 Å². The first kappa shape index (κ1) is 22.4. The molecule has 0 aliphatic carbocycles. The second kappa shape index (κ2) is 9.36. The van der Waals surface area contributed by atoms with Gasteiger partial charge in [0.25, 0.3) is 11.1 Å². The van der Waals surface area contributed by atoms with Crippen molar-refractivity contribution in [1.82, 2.24) is 4.90 Å². The van der Waals surface area contributed by atoms with E-state index in [1.165, 1.54) is 6.08 Å². The van der Waals surface area contributed by atoms with Gasteiger partial charge in [0.15, 0.2) is 0 Å². The largest absolute Gasteiger partial charge is 0.457 e. The molecule has 0 saturated carbocycles. The van der Waals surface area contributed by atoms with E-state index in [4.69, 9.17) is 16.0 Å². The number of halogens is 2. The van der Waals surface area contributed by atoms with Crippen LogP contribution in [0.2, 0.25) is 5.02 Å². The second-order valence-corrected chi connectivity index (χ2v) is 9.30. The summed E-state index contributed by atoms with van der Waals surface area (Å²) >= 11 is 10.2. The molecule has 9 heteroatoms. The number of carbonyl (C=O) groups is 3. The number of hydrogen-bond donors (Lipinski definition) is 1. The molecule has 0 spiro atoms. The number of aryl methyl sites for hydroxylation is 1. The summed E-state index contributed by atoms with van der Waals surface area (Å²) in [7, 11) is 0. The number of anilines is 1. The van der Waals surface area contributed by atoms with Crippen molar-refractivity contribution in [1.29, 1.82) is 0 Å². The van der Waals surface area contributed by atoms with E-state index in [-0.39, 0.29) is 4.91 Å². The van der Waals surface area contributed by atoms with Crippen LogP contribution in [-0.2, 0) is 9.59 Å². The maximum Gasteiger partial charge on any atom is 0.294 e. The Morgan fingerprint density at radius 2 is 2.00 bits per heavy atom. The summed E-state index contributed by atoms with van der Waals surface area (Å²) in [5, 5.41) is 2.57. The molecule has 1 N–H and O–H groups in total. The predicted octanol–water partition coefficient (Wildman–Crippen LogP) is 6.35. The van der Waals surface area contributed by atoms with Gasteiger partial charge in [0.05, 0.1) is 4.91 Å². The first-order valence-electron chi connectivity index (χ1n) is 9.47.